The molecule has 0 saturated heterocycles. The number of aliphatic hydroxyl groups is 2. The van der Waals surface area contributed by atoms with E-state index in [1.165, 1.54) is 0 Å². The van der Waals surface area contributed by atoms with Crippen molar-refractivity contribution in [2.24, 2.45) is 0 Å². The van der Waals surface area contributed by atoms with Crippen LogP contribution in [0.3, 0.4) is 0 Å². The highest BCUT2D eigenvalue weighted by Gasteiger charge is 2.34. The highest BCUT2D eigenvalue weighted by Crippen LogP contribution is 2.37. The van der Waals surface area contributed by atoms with Gasteiger partial charge in [-0.3, -0.25) is 4.98 Å². The van der Waals surface area contributed by atoms with Crippen LogP contribution in [0.2, 0.25) is 0 Å². The zero-order chi connectivity index (χ0) is 26.8. The molecule has 3 N–H and O–H groups in total. The third kappa shape index (κ3) is 5.37. The van der Waals surface area contributed by atoms with Crippen molar-refractivity contribution in [3.63, 3.8) is 0 Å². The molecule has 0 bridgehead atoms. The molecule has 3 aromatic heterocycles. The van der Waals surface area contributed by atoms with E-state index in [9.17, 15) is 15.5 Å². The van der Waals surface area contributed by atoms with Gasteiger partial charge in [-0.15, -0.1) is 5.10 Å². The molecule has 10 nitrogen and oxygen atoms in total. The molecule has 2 aliphatic rings. The van der Waals surface area contributed by atoms with Crippen molar-refractivity contribution >= 4 is 5.95 Å². The van der Waals surface area contributed by atoms with Crippen LogP contribution in [0.5, 0.6) is 0 Å². The van der Waals surface area contributed by atoms with Crippen LogP contribution in [0.25, 0.3) is 22.6 Å². The highest BCUT2D eigenvalue weighted by atomic mass is 16.3. The van der Waals surface area contributed by atoms with Crippen molar-refractivity contribution < 1.29 is 10.2 Å². The van der Waals surface area contributed by atoms with Crippen molar-refractivity contribution in [1.82, 2.24) is 29.9 Å². The second-order valence-electron chi connectivity index (χ2n) is 10.5. The lowest BCUT2D eigenvalue weighted by Crippen LogP contribution is -2.29. The first-order chi connectivity index (χ1) is 19.0. The van der Waals surface area contributed by atoms with Crippen LogP contribution in [0, 0.1) is 11.3 Å². The topological polar surface area (TPSA) is 146 Å². The number of benzene rings is 1. The second-order valence-corrected chi connectivity index (χ2v) is 10.5. The molecule has 6 rings (SSSR count). The summed E-state index contributed by atoms with van der Waals surface area (Å²) in [6, 6.07) is 16.9. The van der Waals surface area contributed by atoms with Gasteiger partial charge in [0.1, 0.15) is 11.3 Å². The first kappa shape index (κ1) is 25.1. The fourth-order valence-electron chi connectivity index (χ4n) is 5.52. The molecule has 2 atom stereocenters. The van der Waals surface area contributed by atoms with E-state index in [0.717, 1.165) is 56.2 Å². The lowest BCUT2D eigenvalue weighted by atomic mass is 9.97. The monoisotopic (exact) mass is 522 g/mol. The molecule has 0 spiro atoms. The smallest absolute Gasteiger partial charge is 0.224 e. The van der Waals surface area contributed by atoms with Gasteiger partial charge < -0.3 is 15.5 Å². The van der Waals surface area contributed by atoms with Gasteiger partial charge in [0.15, 0.2) is 0 Å². The number of aliphatic hydroxyl groups excluding tert-OH is 1. The summed E-state index contributed by atoms with van der Waals surface area (Å²) < 4.78 is 1.70. The summed E-state index contributed by atoms with van der Waals surface area (Å²) in [5, 5.41) is 42.6. The van der Waals surface area contributed by atoms with Crippen molar-refractivity contribution in [3.8, 4) is 28.7 Å². The Bertz CT molecular complexity index is 1520. The minimum Gasteiger partial charge on any atom is -0.391 e. The fourth-order valence-corrected chi connectivity index (χ4v) is 5.52. The molecule has 0 aliphatic heterocycles. The number of nitriles is 1. The van der Waals surface area contributed by atoms with Crippen LogP contribution in [0.15, 0.2) is 54.7 Å². The van der Waals surface area contributed by atoms with Crippen molar-refractivity contribution in [3.05, 3.63) is 71.7 Å². The van der Waals surface area contributed by atoms with Gasteiger partial charge in [0.25, 0.3) is 0 Å². The molecule has 198 valence electrons. The Morgan fingerprint density at radius 1 is 0.974 bits per heavy atom. The fraction of sp³-hybridized carbons (Fsp3) is 0.379. The van der Waals surface area contributed by atoms with E-state index in [0.29, 0.717) is 40.8 Å². The van der Waals surface area contributed by atoms with Crippen molar-refractivity contribution in [1.29, 1.82) is 5.26 Å². The maximum Gasteiger partial charge on any atom is 0.224 e. The summed E-state index contributed by atoms with van der Waals surface area (Å²) in [7, 11) is 0. The third-order valence-corrected chi connectivity index (χ3v) is 7.65. The summed E-state index contributed by atoms with van der Waals surface area (Å²) >= 11 is 0. The minimum absolute atomic E-state index is 0.123. The summed E-state index contributed by atoms with van der Waals surface area (Å²) in [4.78, 5) is 14.1. The number of rotatable bonds is 7. The van der Waals surface area contributed by atoms with Gasteiger partial charge in [0.05, 0.1) is 59.3 Å². The summed E-state index contributed by atoms with van der Waals surface area (Å²) in [6.45, 7) is 0.401. The summed E-state index contributed by atoms with van der Waals surface area (Å²) in [5.41, 5.74) is 3.76. The zero-order valence-electron chi connectivity index (χ0n) is 21.5. The molecule has 0 amide bonds. The molecule has 4 aromatic rings. The van der Waals surface area contributed by atoms with Crippen LogP contribution < -0.4 is 5.32 Å². The second kappa shape index (κ2) is 10.5. The quantitative estimate of drug-likeness (QED) is 0.330. The van der Waals surface area contributed by atoms with E-state index in [4.69, 9.17) is 15.0 Å². The number of hydrogen-bond donors (Lipinski definition) is 3. The molecule has 3 heterocycles. The maximum atomic E-state index is 11.0. The van der Waals surface area contributed by atoms with Gasteiger partial charge in [-0.2, -0.15) is 5.26 Å². The Morgan fingerprint density at radius 3 is 2.59 bits per heavy atom. The van der Waals surface area contributed by atoms with Crippen LogP contribution in [-0.2, 0) is 12.1 Å². The first-order valence-electron chi connectivity index (χ1n) is 13.4. The Balaban J connectivity index is 1.30. The van der Waals surface area contributed by atoms with Gasteiger partial charge in [0, 0.05) is 5.56 Å². The molecule has 39 heavy (non-hydrogen) atoms. The Kier molecular flexibility index (Phi) is 6.77. The summed E-state index contributed by atoms with van der Waals surface area (Å²) in [6.07, 6.45) is 7.37. The van der Waals surface area contributed by atoms with Gasteiger partial charge >= 0.3 is 0 Å². The van der Waals surface area contributed by atoms with E-state index in [2.05, 4.69) is 21.7 Å². The number of pyridine rings is 1. The molecular formula is C29H30N8O2. The van der Waals surface area contributed by atoms with Gasteiger partial charge in [-0.05, 0) is 62.4 Å². The van der Waals surface area contributed by atoms with E-state index < -0.39 is 11.7 Å². The third-order valence-electron chi connectivity index (χ3n) is 7.65. The van der Waals surface area contributed by atoms with Crippen LogP contribution >= 0.6 is 0 Å². The predicted molar refractivity (Wildman–Crippen MR) is 144 cm³/mol. The number of aromatic nitrogens is 6. The van der Waals surface area contributed by atoms with E-state index in [-0.39, 0.29) is 6.04 Å². The largest absolute Gasteiger partial charge is 0.391 e. The lowest BCUT2D eigenvalue weighted by molar-refractivity contribution is 0.0397. The lowest BCUT2D eigenvalue weighted by Gasteiger charge is -2.21. The molecule has 2 saturated carbocycles. The van der Waals surface area contributed by atoms with E-state index >= 15 is 0 Å². The SMILES string of the molecule is N#Cc1cccc(-c2cc(-c3cn(Cc4cccc(C5(O)CCCC5)n4)nn3)nc(N[C@@H]3CCC[C@H]3O)n2)c1. The Hall–Kier alpha value is -4.20. The standard InChI is InChI=1S/C29H30N8O2/c30-16-19-6-3-7-20(14-19)23-15-24(34-28(33-23)32-22-9-5-10-26(22)38)25-18-37(36-35-25)17-21-8-4-11-27(31-21)29(39)12-1-2-13-29/h3-4,6-8,11,14-15,18,22,26,38-39H,1-2,5,9-10,12-13,17H2,(H,32,33,34)/t22-,26-/m1/s1. The molecule has 0 radical (unpaired) electrons. The van der Waals surface area contributed by atoms with Crippen molar-refractivity contribution in [2.75, 3.05) is 5.32 Å². The number of nitrogens with zero attached hydrogens (tertiary/aromatic N) is 7. The number of anilines is 1. The van der Waals surface area contributed by atoms with E-state index in [1.807, 2.05) is 42.6 Å². The molecule has 1 aromatic carbocycles. The van der Waals surface area contributed by atoms with E-state index in [1.54, 1.807) is 16.8 Å². The van der Waals surface area contributed by atoms with Crippen LogP contribution in [0.1, 0.15) is 61.9 Å². The minimum atomic E-state index is -0.847. The summed E-state index contributed by atoms with van der Waals surface area (Å²) in [5.74, 6) is 0.393. The predicted octanol–water partition coefficient (Wildman–Crippen LogP) is 3.80. The average Bonchev–Trinajstić information content (AvgIpc) is 3.71. The van der Waals surface area contributed by atoms with Crippen LogP contribution in [-0.4, -0.2) is 52.3 Å². The van der Waals surface area contributed by atoms with Gasteiger partial charge in [-0.25, -0.2) is 14.6 Å². The van der Waals surface area contributed by atoms with Gasteiger partial charge in [0.2, 0.25) is 5.95 Å². The normalized spacial score (nSPS) is 20.1. The molecule has 0 unspecified atom stereocenters. The number of hydrogen-bond acceptors (Lipinski definition) is 9. The van der Waals surface area contributed by atoms with Gasteiger partial charge in [-0.1, -0.05) is 36.3 Å². The Morgan fingerprint density at radius 2 is 1.79 bits per heavy atom. The zero-order valence-corrected chi connectivity index (χ0v) is 21.5. The highest BCUT2D eigenvalue weighted by molar-refractivity contribution is 5.68. The number of nitrogens with one attached hydrogen (secondary N) is 1. The first-order valence-corrected chi connectivity index (χ1v) is 13.4. The molecule has 2 fully saturated rings. The average molecular weight is 523 g/mol. The molecular weight excluding hydrogens is 492 g/mol. The van der Waals surface area contributed by atoms with Crippen molar-refractivity contribution in [2.45, 2.75) is 69.2 Å². The maximum absolute atomic E-state index is 11.0. The molecule has 10 heteroatoms. The molecule has 2 aliphatic carbocycles. The van der Waals surface area contributed by atoms with Crippen LogP contribution in [0.4, 0.5) is 5.95 Å². The Labute approximate surface area is 226 Å².